The molecular weight excluding hydrogens is 553 g/mol. The monoisotopic (exact) mass is 571 g/mol. The van der Waals surface area contributed by atoms with Crippen molar-refractivity contribution in [3.05, 3.63) is 93.0 Å². The number of fused-ring (bicyclic) bond motifs is 4. The van der Waals surface area contributed by atoms with Crippen LogP contribution in [0.1, 0.15) is 29.9 Å². The molecule has 3 aromatic heterocycles. The van der Waals surface area contributed by atoms with Crippen molar-refractivity contribution >= 4 is 34.8 Å². The highest BCUT2D eigenvalue weighted by atomic mass is 35.5. The Hall–Kier alpha value is -4.41. The van der Waals surface area contributed by atoms with Gasteiger partial charge in [-0.15, -0.1) is 5.10 Å². The van der Waals surface area contributed by atoms with Crippen LogP contribution in [0.3, 0.4) is 0 Å². The van der Waals surface area contributed by atoms with E-state index in [2.05, 4.69) is 31.7 Å². The maximum atomic E-state index is 13.6. The number of carbonyl (C=O) groups excluding carboxylic acids is 1. The predicted octanol–water partition coefficient (Wildman–Crippen LogP) is 4.83. The first-order valence-corrected chi connectivity index (χ1v) is 13.4. The lowest BCUT2D eigenvalue weighted by Gasteiger charge is -2.18. The maximum absolute atomic E-state index is 13.6. The topological polar surface area (TPSA) is 120 Å². The molecule has 0 spiro atoms. The lowest BCUT2D eigenvalue weighted by molar-refractivity contribution is -0.118. The van der Waals surface area contributed by atoms with Crippen LogP contribution < -0.4 is 15.6 Å². The molecule has 3 aliphatic rings. The van der Waals surface area contributed by atoms with Crippen LogP contribution in [0.25, 0.3) is 28.1 Å². The number of halogens is 2. The molecule has 2 aromatic carbocycles. The van der Waals surface area contributed by atoms with E-state index in [0.29, 0.717) is 16.5 Å². The Morgan fingerprint density at radius 2 is 1.93 bits per heavy atom. The summed E-state index contributed by atoms with van der Waals surface area (Å²) in [5.41, 5.74) is 5.45. The van der Waals surface area contributed by atoms with Crippen molar-refractivity contribution in [3.63, 3.8) is 0 Å². The SMILES string of the molecule is O=C1COc2cc(-c3cnc(C4C5CC5c5cc(-c6cc(Cl)ccc6-n6cc(Cl)nn6)cc(=O)n54)[nH]3)ccc2N1. The van der Waals surface area contributed by atoms with Crippen LogP contribution in [-0.4, -0.2) is 42.0 Å². The Kier molecular flexibility index (Phi) is 5.01. The van der Waals surface area contributed by atoms with E-state index < -0.39 is 0 Å². The summed E-state index contributed by atoms with van der Waals surface area (Å²) in [4.78, 5) is 33.4. The van der Waals surface area contributed by atoms with Crippen molar-refractivity contribution in [1.82, 2.24) is 29.5 Å². The van der Waals surface area contributed by atoms with Gasteiger partial charge in [-0.3, -0.25) is 9.59 Å². The van der Waals surface area contributed by atoms with Gasteiger partial charge in [0.25, 0.3) is 11.5 Å². The molecule has 1 aliphatic carbocycles. The molecule has 3 unspecified atom stereocenters. The summed E-state index contributed by atoms with van der Waals surface area (Å²) in [5.74, 6) is 1.74. The molecule has 0 bridgehead atoms. The average molecular weight is 572 g/mol. The van der Waals surface area contributed by atoms with Crippen molar-refractivity contribution < 1.29 is 9.53 Å². The Bertz CT molecular complexity index is 1930. The molecule has 2 aliphatic heterocycles. The zero-order valence-corrected chi connectivity index (χ0v) is 22.1. The number of H-pyrrole nitrogens is 1. The zero-order valence-electron chi connectivity index (χ0n) is 20.6. The second kappa shape index (κ2) is 8.54. The molecule has 0 radical (unpaired) electrons. The van der Waals surface area contributed by atoms with Gasteiger partial charge in [0.15, 0.2) is 11.8 Å². The van der Waals surface area contributed by atoms with Gasteiger partial charge < -0.3 is 19.6 Å². The van der Waals surface area contributed by atoms with E-state index in [1.165, 1.54) is 0 Å². The lowest BCUT2D eigenvalue weighted by Crippen LogP contribution is -2.26. The van der Waals surface area contributed by atoms with E-state index in [0.717, 1.165) is 46.0 Å². The van der Waals surface area contributed by atoms with Gasteiger partial charge in [0, 0.05) is 33.8 Å². The average Bonchev–Trinajstić information content (AvgIpc) is 3.23. The third-order valence-electron chi connectivity index (χ3n) is 7.78. The smallest absolute Gasteiger partial charge is 0.262 e. The molecule has 1 fully saturated rings. The summed E-state index contributed by atoms with van der Waals surface area (Å²) in [6.07, 6.45) is 4.37. The zero-order chi connectivity index (χ0) is 27.1. The fourth-order valence-electron chi connectivity index (χ4n) is 5.94. The Balaban J connectivity index is 1.17. The summed E-state index contributed by atoms with van der Waals surface area (Å²) < 4.78 is 9.00. The van der Waals surface area contributed by atoms with Crippen molar-refractivity contribution in [1.29, 1.82) is 0 Å². The van der Waals surface area contributed by atoms with Gasteiger partial charge in [0.2, 0.25) is 0 Å². The number of pyridine rings is 1. The van der Waals surface area contributed by atoms with Crippen LogP contribution in [0.4, 0.5) is 5.69 Å². The van der Waals surface area contributed by atoms with Crippen LogP contribution in [0, 0.1) is 5.92 Å². The van der Waals surface area contributed by atoms with E-state index in [-0.39, 0.29) is 41.1 Å². The number of benzene rings is 2. The fraction of sp³-hybridized carbons (Fsp3) is 0.179. The van der Waals surface area contributed by atoms with Crippen molar-refractivity contribution in [2.45, 2.75) is 18.4 Å². The molecule has 40 heavy (non-hydrogen) atoms. The van der Waals surface area contributed by atoms with E-state index in [1.807, 2.05) is 34.9 Å². The normalized spacial score (nSPS) is 20.4. The number of aromatic amines is 1. The highest BCUT2D eigenvalue weighted by Crippen LogP contribution is 2.60. The molecule has 8 rings (SSSR count). The number of nitrogens with one attached hydrogen (secondary N) is 2. The Labute approximate surface area is 236 Å². The Morgan fingerprint density at radius 3 is 2.77 bits per heavy atom. The molecule has 1 saturated carbocycles. The quantitative estimate of drug-likeness (QED) is 0.319. The molecule has 5 heterocycles. The highest BCUT2D eigenvalue weighted by Gasteiger charge is 2.54. The van der Waals surface area contributed by atoms with Gasteiger partial charge in [-0.25, -0.2) is 9.67 Å². The number of hydrogen-bond donors (Lipinski definition) is 2. The number of hydrogen-bond acceptors (Lipinski definition) is 6. The first-order valence-electron chi connectivity index (χ1n) is 12.7. The van der Waals surface area contributed by atoms with Crippen LogP contribution in [0.5, 0.6) is 5.75 Å². The van der Waals surface area contributed by atoms with E-state index in [4.69, 9.17) is 27.9 Å². The van der Waals surface area contributed by atoms with Gasteiger partial charge in [-0.2, -0.15) is 0 Å². The van der Waals surface area contributed by atoms with Crippen molar-refractivity contribution in [2.75, 3.05) is 11.9 Å². The number of imidazole rings is 1. The number of aromatic nitrogens is 6. The minimum Gasteiger partial charge on any atom is -0.482 e. The van der Waals surface area contributed by atoms with Crippen LogP contribution in [0.15, 0.2) is 65.7 Å². The molecular formula is C28H19Cl2N7O3. The van der Waals surface area contributed by atoms with Gasteiger partial charge in [0.05, 0.1) is 35.5 Å². The molecule has 198 valence electrons. The second-order valence-corrected chi connectivity index (χ2v) is 11.0. The van der Waals surface area contributed by atoms with Gasteiger partial charge in [-0.05, 0) is 54.3 Å². The van der Waals surface area contributed by atoms with E-state index in [1.54, 1.807) is 29.2 Å². The molecule has 10 nitrogen and oxygen atoms in total. The fourth-order valence-corrected chi connectivity index (χ4v) is 6.23. The second-order valence-electron chi connectivity index (χ2n) is 10.2. The van der Waals surface area contributed by atoms with Gasteiger partial charge >= 0.3 is 0 Å². The summed E-state index contributed by atoms with van der Waals surface area (Å²) in [5, 5.41) is 11.6. The maximum Gasteiger partial charge on any atom is 0.262 e. The van der Waals surface area contributed by atoms with Crippen molar-refractivity contribution in [2.24, 2.45) is 5.92 Å². The predicted molar refractivity (Wildman–Crippen MR) is 148 cm³/mol. The summed E-state index contributed by atoms with van der Waals surface area (Å²) in [6, 6.07) is 14.5. The largest absolute Gasteiger partial charge is 0.482 e. The molecule has 1 amide bonds. The molecule has 12 heteroatoms. The minimum atomic E-state index is -0.184. The van der Waals surface area contributed by atoms with Crippen LogP contribution in [0.2, 0.25) is 10.2 Å². The standard InChI is InChI=1S/C28H19Cl2N7O3/c29-15-2-4-21(36-11-24(30)34-35-36)16(8-15)14-5-22-17-9-18(17)27(37(22)26(39)7-14)28-31-10-20(33-28)13-1-3-19-23(6-13)40-12-25(38)32-19/h1-8,10-11,17-18,27H,9,12H2,(H,31,33)(H,32,38). The Morgan fingerprint density at radius 1 is 1.02 bits per heavy atom. The van der Waals surface area contributed by atoms with Crippen molar-refractivity contribution in [3.8, 4) is 33.8 Å². The third kappa shape index (κ3) is 3.67. The first kappa shape index (κ1) is 23.5. The molecule has 3 atom stereocenters. The van der Waals surface area contributed by atoms with Crippen LogP contribution >= 0.6 is 23.2 Å². The minimum absolute atomic E-state index is 0.0131. The first-order chi connectivity index (χ1) is 19.4. The van der Waals surface area contributed by atoms with Crippen LogP contribution in [-0.2, 0) is 4.79 Å². The van der Waals surface area contributed by atoms with Gasteiger partial charge in [-0.1, -0.05) is 34.5 Å². The number of carbonyl (C=O) groups is 1. The summed E-state index contributed by atoms with van der Waals surface area (Å²) in [7, 11) is 0. The van der Waals surface area contributed by atoms with Gasteiger partial charge in [0.1, 0.15) is 11.6 Å². The summed E-state index contributed by atoms with van der Waals surface area (Å²) in [6.45, 7) is -0.0131. The number of ether oxygens (including phenoxy) is 1. The lowest BCUT2D eigenvalue weighted by atomic mass is 10.0. The number of rotatable bonds is 4. The van der Waals surface area contributed by atoms with E-state index in [9.17, 15) is 9.59 Å². The molecule has 0 saturated heterocycles. The molecule has 5 aromatic rings. The number of nitrogens with zero attached hydrogens (tertiary/aromatic N) is 5. The number of amides is 1. The molecule has 2 N–H and O–H groups in total. The number of anilines is 1. The van der Waals surface area contributed by atoms with E-state index >= 15 is 0 Å². The third-order valence-corrected chi connectivity index (χ3v) is 8.19. The highest BCUT2D eigenvalue weighted by molar-refractivity contribution is 6.31. The summed E-state index contributed by atoms with van der Waals surface area (Å²) >= 11 is 12.4.